The van der Waals surface area contributed by atoms with Crippen LogP contribution >= 0.6 is 23.2 Å². The van der Waals surface area contributed by atoms with Crippen molar-refractivity contribution in [2.24, 2.45) is 0 Å². The zero-order valence-corrected chi connectivity index (χ0v) is 18.0. The molecule has 0 unspecified atom stereocenters. The zero-order valence-electron chi connectivity index (χ0n) is 16.5. The maximum atomic E-state index is 10.2. The molecule has 2 aromatic rings. The molecule has 0 aliphatic heterocycles. The van der Waals surface area contributed by atoms with E-state index in [0.717, 1.165) is 35.1 Å². The normalized spacial score (nSPS) is 13.1. The second-order valence-electron chi connectivity index (χ2n) is 7.19. The van der Waals surface area contributed by atoms with Crippen molar-refractivity contribution in [2.75, 3.05) is 0 Å². The smallest absolute Gasteiger partial charge is 0.119 e. The van der Waals surface area contributed by atoms with E-state index in [1.165, 1.54) is 0 Å². The second-order valence-corrected chi connectivity index (χ2v) is 8.26. The highest BCUT2D eigenvalue weighted by molar-refractivity contribution is 6.29. The second kappa shape index (κ2) is 10.0. The van der Waals surface area contributed by atoms with Gasteiger partial charge in [-0.2, -0.15) is 0 Å². The summed E-state index contributed by atoms with van der Waals surface area (Å²) in [6, 6.07) is 11.5. The molecule has 0 saturated carbocycles. The van der Waals surface area contributed by atoms with E-state index >= 15 is 0 Å². The molecule has 0 aliphatic rings. The Labute approximate surface area is 178 Å². The van der Waals surface area contributed by atoms with Gasteiger partial charge in [0.1, 0.15) is 11.5 Å². The number of benzene rings is 2. The molecule has 0 spiro atoms. The van der Waals surface area contributed by atoms with Crippen LogP contribution in [0.1, 0.15) is 60.8 Å². The highest BCUT2D eigenvalue weighted by Gasteiger charge is 2.24. The molecule has 2 rings (SSSR count). The van der Waals surface area contributed by atoms with Gasteiger partial charge in [-0.15, -0.1) is 0 Å². The molecule has 2 aromatic carbocycles. The summed E-state index contributed by atoms with van der Waals surface area (Å²) in [6.45, 7) is 11.8. The third kappa shape index (κ3) is 5.56. The van der Waals surface area contributed by atoms with Crippen LogP contribution in [0, 0.1) is 0 Å². The molecule has 2 atom stereocenters. The Morgan fingerprint density at radius 1 is 0.786 bits per heavy atom. The Bertz CT molecular complexity index is 786. The van der Waals surface area contributed by atoms with Crippen molar-refractivity contribution in [3.8, 4) is 11.5 Å². The Morgan fingerprint density at radius 3 is 1.43 bits per heavy atom. The average Bonchev–Trinajstić information content (AvgIpc) is 2.63. The number of allylic oxidation sites excluding steroid dienone is 2. The monoisotopic (exact) mass is 418 g/mol. The van der Waals surface area contributed by atoms with E-state index in [9.17, 15) is 10.2 Å². The quantitative estimate of drug-likeness (QED) is 0.445. The largest absolute Gasteiger partial charge is 0.508 e. The molecule has 0 amide bonds. The summed E-state index contributed by atoms with van der Waals surface area (Å²) in [6.07, 6.45) is 2.78. The van der Waals surface area contributed by atoms with Gasteiger partial charge in [-0.05, 0) is 59.1 Å². The molecular weight excluding hydrogens is 391 g/mol. The molecule has 2 N–H and O–H groups in total. The van der Waals surface area contributed by atoms with Crippen LogP contribution < -0.4 is 0 Å². The Balaban J connectivity index is 2.44. The van der Waals surface area contributed by atoms with E-state index in [4.69, 9.17) is 23.2 Å². The summed E-state index contributed by atoms with van der Waals surface area (Å²) in [5.41, 5.74) is 3.90. The number of rotatable bonds is 9. The first-order valence-electron chi connectivity index (χ1n) is 9.56. The molecule has 0 saturated heterocycles. The first-order valence-corrected chi connectivity index (χ1v) is 10.3. The van der Waals surface area contributed by atoms with Gasteiger partial charge >= 0.3 is 0 Å². The first-order chi connectivity index (χ1) is 13.3. The standard InChI is InChI=1S/C24H28Cl2O2/c1-5-21(17-7-9-23(27)19(13-17)11-15(3)25)22(6-2)18-8-10-24(28)20(14-18)12-16(4)26/h7-10,13-14,21-22,27-28H,3-6,11-12H2,1-2H3/t21-,22+. The van der Waals surface area contributed by atoms with Crippen molar-refractivity contribution >= 4 is 23.2 Å². The van der Waals surface area contributed by atoms with Gasteiger partial charge in [-0.25, -0.2) is 0 Å². The van der Waals surface area contributed by atoms with Crippen molar-refractivity contribution < 1.29 is 10.2 Å². The Morgan fingerprint density at radius 2 is 1.14 bits per heavy atom. The van der Waals surface area contributed by atoms with E-state index in [2.05, 4.69) is 27.0 Å². The molecule has 0 radical (unpaired) electrons. The number of aromatic hydroxyl groups is 2. The first kappa shape index (κ1) is 22.4. The molecular formula is C24H28Cl2O2. The minimum Gasteiger partial charge on any atom is -0.508 e. The van der Waals surface area contributed by atoms with Gasteiger partial charge in [-0.1, -0.05) is 74.5 Å². The Hall–Kier alpha value is -1.90. The maximum absolute atomic E-state index is 10.2. The summed E-state index contributed by atoms with van der Waals surface area (Å²) in [7, 11) is 0. The lowest BCUT2D eigenvalue weighted by Crippen LogP contribution is -2.11. The summed E-state index contributed by atoms with van der Waals surface area (Å²) in [5, 5.41) is 21.3. The summed E-state index contributed by atoms with van der Waals surface area (Å²) in [4.78, 5) is 0. The van der Waals surface area contributed by atoms with Crippen LogP contribution in [0.2, 0.25) is 0 Å². The molecule has 150 valence electrons. The average molecular weight is 419 g/mol. The van der Waals surface area contributed by atoms with Crippen LogP contribution in [0.4, 0.5) is 0 Å². The molecule has 0 aliphatic carbocycles. The van der Waals surface area contributed by atoms with Gasteiger partial charge in [0.05, 0.1) is 0 Å². The van der Waals surface area contributed by atoms with Gasteiger partial charge in [0.2, 0.25) is 0 Å². The number of hydrogen-bond donors (Lipinski definition) is 2. The fraction of sp³-hybridized carbons (Fsp3) is 0.333. The van der Waals surface area contributed by atoms with E-state index in [1.807, 2.05) is 24.3 Å². The SMILES string of the molecule is C=C(Cl)Cc1cc([C@@H](CC)[C@@H](CC)c2ccc(O)c(CC(=C)Cl)c2)ccc1O. The van der Waals surface area contributed by atoms with Gasteiger partial charge in [-0.3, -0.25) is 0 Å². The van der Waals surface area contributed by atoms with Crippen LogP contribution in [0.25, 0.3) is 0 Å². The predicted molar refractivity (Wildman–Crippen MR) is 120 cm³/mol. The van der Waals surface area contributed by atoms with Gasteiger partial charge in [0.25, 0.3) is 0 Å². The van der Waals surface area contributed by atoms with Gasteiger partial charge < -0.3 is 10.2 Å². The highest BCUT2D eigenvalue weighted by Crippen LogP contribution is 2.40. The fourth-order valence-corrected chi connectivity index (χ4v) is 4.16. The molecule has 4 heteroatoms. The fourth-order valence-electron chi connectivity index (χ4n) is 3.87. The molecule has 0 fully saturated rings. The minimum atomic E-state index is 0.237. The molecule has 0 aromatic heterocycles. The summed E-state index contributed by atoms with van der Waals surface area (Å²) >= 11 is 11.9. The van der Waals surface area contributed by atoms with E-state index < -0.39 is 0 Å². The topological polar surface area (TPSA) is 40.5 Å². The highest BCUT2D eigenvalue weighted by atomic mass is 35.5. The predicted octanol–water partition coefficient (Wildman–Crippen LogP) is 7.38. The van der Waals surface area contributed by atoms with Crippen molar-refractivity contribution in [1.29, 1.82) is 0 Å². The lowest BCUT2D eigenvalue weighted by Gasteiger charge is -2.27. The minimum absolute atomic E-state index is 0.237. The van der Waals surface area contributed by atoms with E-state index in [1.54, 1.807) is 12.1 Å². The number of phenolic OH excluding ortho intramolecular Hbond substituents is 2. The van der Waals surface area contributed by atoms with Crippen LogP contribution in [0.5, 0.6) is 11.5 Å². The summed E-state index contributed by atoms with van der Waals surface area (Å²) in [5.74, 6) is 1.01. The molecule has 28 heavy (non-hydrogen) atoms. The lowest BCUT2D eigenvalue weighted by atomic mass is 9.77. The van der Waals surface area contributed by atoms with Crippen LogP contribution in [0.3, 0.4) is 0 Å². The third-order valence-corrected chi connectivity index (χ3v) is 5.46. The van der Waals surface area contributed by atoms with E-state index in [-0.39, 0.29) is 23.3 Å². The van der Waals surface area contributed by atoms with Gasteiger partial charge in [0.15, 0.2) is 0 Å². The van der Waals surface area contributed by atoms with Crippen molar-refractivity contribution in [3.63, 3.8) is 0 Å². The maximum Gasteiger partial charge on any atom is 0.119 e. The van der Waals surface area contributed by atoms with Crippen molar-refractivity contribution in [3.05, 3.63) is 81.9 Å². The lowest BCUT2D eigenvalue weighted by molar-refractivity contribution is 0.464. The third-order valence-electron chi connectivity index (χ3n) is 5.19. The van der Waals surface area contributed by atoms with Crippen LogP contribution in [-0.2, 0) is 12.8 Å². The number of halogens is 2. The molecule has 0 bridgehead atoms. The van der Waals surface area contributed by atoms with Crippen molar-refractivity contribution in [1.82, 2.24) is 0 Å². The number of hydrogen-bond acceptors (Lipinski definition) is 2. The zero-order chi connectivity index (χ0) is 20.8. The van der Waals surface area contributed by atoms with Crippen molar-refractivity contribution in [2.45, 2.75) is 51.4 Å². The molecule has 0 heterocycles. The molecule has 2 nitrogen and oxygen atoms in total. The van der Waals surface area contributed by atoms with Crippen LogP contribution in [-0.4, -0.2) is 10.2 Å². The van der Waals surface area contributed by atoms with Gasteiger partial charge in [0, 0.05) is 22.9 Å². The Kier molecular flexibility index (Phi) is 8.03. The van der Waals surface area contributed by atoms with Crippen LogP contribution in [0.15, 0.2) is 59.6 Å². The number of phenols is 2. The van der Waals surface area contributed by atoms with E-state index in [0.29, 0.717) is 22.9 Å². The summed E-state index contributed by atoms with van der Waals surface area (Å²) < 4.78 is 0.